The Hall–Kier alpha value is -3.66. The van der Waals surface area contributed by atoms with E-state index in [4.69, 9.17) is 19.4 Å². The molecule has 4 rings (SSSR count). The second-order valence-corrected chi connectivity index (χ2v) is 11.6. The molecule has 0 radical (unpaired) electrons. The van der Waals surface area contributed by atoms with Crippen LogP contribution in [-0.2, 0) is 9.59 Å². The van der Waals surface area contributed by atoms with Gasteiger partial charge >= 0.3 is 5.69 Å². The number of likely N-dealkylation sites (tertiary alicyclic amines) is 2. The molecule has 1 N–H and O–H groups in total. The van der Waals surface area contributed by atoms with Crippen molar-refractivity contribution in [1.82, 2.24) is 9.80 Å². The molecule has 1 amide bonds. The summed E-state index contributed by atoms with van der Waals surface area (Å²) in [7, 11) is 0. The molecule has 0 spiro atoms. The van der Waals surface area contributed by atoms with Gasteiger partial charge in [0.2, 0.25) is 11.7 Å². The number of carboxylic acids is 1. The van der Waals surface area contributed by atoms with Gasteiger partial charge < -0.3 is 24.4 Å². The maximum absolute atomic E-state index is 12.9. The number of aryl methyl sites for hydroxylation is 1. The number of piperidine rings is 2. The lowest BCUT2D eigenvalue weighted by Crippen LogP contribution is -2.43. The summed E-state index contributed by atoms with van der Waals surface area (Å²) >= 11 is 0. The average Bonchev–Trinajstić information content (AvgIpc) is 2.95. The number of nitrogens with zero attached hydrogens (tertiary/aromatic N) is 3. The third-order valence-electron chi connectivity index (χ3n) is 7.58. The van der Waals surface area contributed by atoms with Crippen molar-refractivity contribution in [3.63, 3.8) is 0 Å². The molecule has 0 bridgehead atoms. The van der Waals surface area contributed by atoms with Gasteiger partial charge in [-0.15, -0.1) is 0 Å². The van der Waals surface area contributed by atoms with Gasteiger partial charge in [0.25, 0.3) is 5.97 Å². The fourth-order valence-corrected chi connectivity index (χ4v) is 5.25. The molecular weight excluding hydrogens is 550 g/mol. The molecule has 238 valence electrons. The van der Waals surface area contributed by atoms with Gasteiger partial charge in [-0.25, -0.2) is 0 Å². The first-order valence-electron chi connectivity index (χ1n) is 14.9. The highest BCUT2D eigenvalue weighted by Crippen LogP contribution is 2.33. The molecular formula is C33H49N3O7. The monoisotopic (exact) mass is 599 g/mol. The van der Waals surface area contributed by atoms with Gasteiger partial charge in [0.15, 0.2) is 0 Å². The van der Waals surface area contributed by atoms with Crippen LogP contribution in [0.15, 0.2) is 42.5 Å². The molecule has 2 aliphatic heterocycles. The lowest BCUT2D eigenvalue weighted by Gasteiger charge is -2.34. The first-order valence-corrected chi connectivity index (χ1v) is 14.9. The molecule has 2 fully saturated rings. The number of amides is 1. The number of ether oxygens (including phenoxy) is 2. The van der Waals surface area contributed by atoms with E-state index in [2.05, 4.69) is 36.1 Å². The maximum atomic E-state index is 12.9. The van der Waals surface area contributed by atoms with Crippen LogP contribution in [0.3, 0.4) is 0 Å². The van der Waals surface area contributed by atoms with Crippen molar-refractivity contribution < 1.29 is 29.1 Å². The molecule has 2 saturated heterocycles. The summed E-state index contributed by atoms with van der Waals surface area (Å²) in [5.41, 5.74) is 2.68. The van der Waals surface area contributed by atoms with Crippen LogP contribution in [0.1, 0.15) is 77.3 Å². The molecule has 2 aliphatic rings. The largest absolute Gasteiger partial charge is 0.490 e. The molecule has 2 aromatic rings. The Kier molecular flexibility index (Phi) is 14.4. The van der Waals surface area contributed by atoms with Crippen LogP contribution in [-0.4, -0.2) is 77.1 Å². The highest BCUT2D eigenvalue weighted by Gasteiger charge is 2.26. The van der Waals surface area contributed by atoms with E-state index in [-0.39, 0.29) is 36.8 Å². The number of nitro benzene ring substituents is 1. The first kappa shape index (κ1) is 35.5. The summed E-state index contributed by atoms with van der Waals surface area (Å²) in [4.78, 5) is 37.2. The topological polar surface area (TPSA) is 122 Å². The number of nitro groups is 1. The normalized spacial score (nSPS) is 16.1. The molecule has 0 aliphatic carbocycles. The zero-order valence-electron chi connectivity index (χ0n) is 25.3. The number of carbonyl (C=O) groups excluding carboxylic acids is 1. The van der Waals surface area contributed by atoms with Crippen molar-refractivity contribution in [1.29, 1.82) is 0 Å². The fraction of sp³-hybridized carbons (Fsp3) is 0.576. The summed E-state index contributed by atoms with van der Waals surface area (Å²) < 4.78 is 11.8. The van der Waals surface area contributed by atoms with E-state index in [0.717, 1.165) is 52.2 Å². The second-order valence-electron chi connectivity index (χ2n) is 11.6. The van der Waals surface area contributed by atoms with Crippen LogP contribution in [0.25, 0.3) is 0 Å². The van der Waals surface area contributed by atoms with Crippen molar-refractivity contribution in [2.45, 2.75) is 79.2 Å². The van der Waals surface area contributed by atoms with Gasteiger partial charge in [0.05, 0.1) is 11.5 Å². The van der Waals surface area contributed by atoms with E-state index in [1.165, 1.54) is 17.2 Å². The van der Waals surface area contributed by atoms with Crippen molar-refractivity contribution in [3.8, 4) is 11.5 Å². The Morgan fingerprint density at radius 1 is 1.02 bits per heavy atom. The van der Waals surface area contributed by atoms with Gasteiger partial charge in [-0.05, 0) is 56.3 Å². The smallest absolute Gasteiger partial charge is 0.311 e. The molecule has 0 unspecified atom stereocenters. The van der Waals surface area contributed by atoms with Gasteiger partial charge in [0.1, 0.15) is 11.9 Å². The van der Waals surface area contributed by atoms with Crippen molar-refractivity contribution >= 4 is 17.6 Å². The molecule has 2 aromatic carbocycles. The maximum Gasteiger partial charge on any atom is 0.311 e. The summed E-state index contributed by atoms with van der Waals surface area (Å²) in [6.45, 7) is 11.8. The molecule has 10 heteroatoms. The Balaban J connectivity index is 0.00000121. The molecule has 2 heterocycles. The average molecular weight is 600 g/mol. The van der Waals surface area contributed by atoms with Crippen LogP contribution in [0.4, 0.5) is 5.69 Å². The number of rotatable bonds is 10. The number of carbonyl (C=O) groups is 2. The van der Waals surface area contributed by atoms with Crippen molar-refractivity contribution in [3.05, 3.63) is 63.7 Å². The van der Waals surface area contributed by atoms with Gasteiger partial charge in [-0.1, -0.05) is 51.1 Å². The van der Waals surface area contributed by atoms with E-state index in [1.54, 1.807) is 12.1 Å². The minimum absolute atomic E-state index is 0. The first-order chi connectivity index (χ1) is 20.0. The number of hydrogen-bond acceptors (Lipinski definition) is 7. The van der Waals surface area contributed by atoms with Crippen molar-refractivity contribution in [2.75, 3.05) is 39.3 Å². The quantitative estimate of drug-likeness (QED) is 0.249. The predicted octanol–water partition coefficient (Wildman–Crippen LogP) is 6.30. The van der Waals surface area contributed by atoms with Crippen LogP contribution in [0.5, 0.6) is 11.5 Å². The van der Waals surface area contributed by atoms with Crippen LogP contribution in [0, 0.1) is 23.0 Å². The predicted molar refractivity (Wildman–Crippen MR) is 168 cm³/mol. The summed E-state index contributed by atoms with van der Waals surface area (Å²) in [6, 6.07) is 13.6. The lowest BCUT2D eigenvalue weighted by atomic mass is 9.89. The van der Waals surface area contributed by atoms with E-state index < -0.39 is 10.9 Å². The third kappa shape index (κ3) is 11.9. The number of aliphatic carboxylic acids is 1. The SMILES string of the molecule is C.CC(=O)O.Cc1ccc(C2CCN(CCC(=O)N3CCC(Oc4ccc([N+](=O)[O-])c(OCC(C)C)c4)CC3)CC2)cc1. The van der Waals surface area contributed by atoms with E-state index >= 15 is 0 Å². The van der Waals surface area contributed by atoms with E-state index in [9.17, 15) is 14.9 Å². The zero-order valence-corrected chi connectivity index (χ0v) is 25.3. The molecule has 10 nitrogen and oxygen atoms in total. The molecule has 43 heavy (non-hydrogen) atoms. The molecule has 0 atom stereocenters. The number of hydrogen-bond donors (Lipinski definition) is 1. The Morgan fingerprint density at radius 2 is 1.63 bits per heavy atom. The summed E-state index contributed by atoms with van der Waals surface area (Å²) in [5.74, 6) is 1.05. The summed E-state index contributed by atoms with van der Waals surface area (Å²) in [6.07, 6.45) is 4.30. The second kappa shape index (κ2) is 17.5. The number of benzene rings is 2. The Bertz CT molecular complexity index is 1170. The minimum atomic E-state index is -0.833. The highest BCUT2D eigenvalue weighted by atomic mass is 16.6. The zero-order chi connectivity index (χ0) is 30.6. The molecule has 0 saturated carbocycles. The van der Waals surface area contributed by atoms with Crippen LogP contribution < -0.4 is 9.47 Å². The van der Waals surface area contributed by atoms with E-state index in [0.29, 0.717) is 37.8 Å². The Labute approximate surface area is 256 Å². The molecule has 0 aromatic heterocycles. The lowest BCUT2D eigenvalue weighted by molar-refractivity contribution is -0.385. The van der Waals surface area contributed by atoms with Crippen LogP contribution >= 0.6 is 0 Å². The van der Waals surface area contributed by atoms with Gasteiger partial charge in [-0.2, -0.15) is 0 Å². The Morgan fingerprint density at radius 3 is 2.19 bits per heavy atom. The van der Waals surface area contributed by atoms with E-state index in [1.807, 2.05) is 18.7 Å². The highest BCUT2D eigenvalue weighted by molar-refractivity contribution is 5.76. The number of carboxylic acid groups (broad SMARTS) is 1. The third-order valence-corrected chi connectivity index (χ3v) is 7.58. The van der Waals surface area contributed by atoms with Gasteiger partial charge in [-0.3, -0.25) is 19.7 Å². The summed E-state index contributed by atoms with van der Waals surface area (Å²) in [5, 5.41) is 18.8. The van der Waals surface area contributed by atoms with Crippen molar-refractivity contribution in [2.24, 2.45) is 5.92 Å². The minimum Gasteiger partial charge on any atom is -0.490 e. The fourth-order valence-electron chi connectivity index (χ4n) is 5.25. The standard InChI is InChI=1S/C30H41N3O5.C2H4O2.CH4/c1-22(2)21-37-29-20-27(8-9-28(29)33(35)36)38-26-12-18-32(19-13-26)30(34)14-17-31-15-10-25(11-16-31)24-6-4-23(3)5-7-24;1-2(3)4;/h4-9,20,22,25-26H,10-19,21H2,1-3H3;1H3,(H,3,4);1H4. The van der Waals surface area contributed by atoms with Gasteiger partial charge in [0, 0.05) is 58.0 Å². The van der Waals surface area contributed by atoms with Crippen LogP contribution in [0.2, 0.25) is 0 Å².